The topological polar surface area (TPSA) is 29.3 Å². The molecule has 0 aromatic heterocycles. The van der Waals surface area contributed by atoms with Gasteiger partial charge in [0.2, 0.25) is 0 Å². The quantitative estimate of drug-likeness (QED) is 0.783. The highest BCUT2D eigenvalue weighted by molar-refractivity contribution is 6.33. The highest BCUT2D eigenvalue weighted by Gasteiger charge is 2.09. The van der Waals surface area contributed by atoms with Gasteiger partial charge in [-0.25, -0.2) is 0 Å². The molecule has 0 bridgehead atoms. The van der Waals surface area contributed by atoms with Crippen molar-refractivity contribution in [1.82, 2.24) is 0 Å². The lowest BCUT2D eigenvalue weighted by Gasteiger charge is -2.23. The largest absolute Gasteiger partial charge is 0.363 e. The molecule has 1 atom stereocenters. The summed E-state index contributed by atoms with van der Waals surface area (Å²) in [6, 6.07) is 5.91. The first-order valence-corrected chi connectivity index (χ1v) is 5.99. The van der Waals surface area contributed by atoms with Gasteiger partial charge in [-0.15, -0.1) is 13.2 Å². The fraction of sp³-hybridized carbons (Fsp3) is 0.286. The maximum absolute atomic E-state index is 6.27. The molecule has 0 aliphatic carbocycles. The van der Waals surface area contributed by atoms with E-state index < -0.39 is 0 Å². The summed E-state index contributed by atoms with van der Waals surface area (Å²) in [5.41, 5.74) is 7.84. The van der Waals surface area contributed by atoms with Crippen LogP contribution in [-0.4, -0.2) is 13.1 Å². The van der Waals surface area contributed by atoms with E-state index in [4.69, 9.17) is 17.3 Å². The van der Waals surface area contributed by atoms with Crippen molar-refractivity contribution in [2.24, 2.45) is 5.73 Å². The minimum atomic E-state index is -0.00573. The van der Waals surface area contributed by atoms with Crippen molar-refractivity contribution >= 4 is 17.3 Å². The minimum Gasteiger partial charge on any atom is -0.363 e. The molecule has 1 rings (SSSR count). The van der Waals surface area contributed by atoms with Crippen LogP contribution in [0.1, 0.15) is 18.5 Å². The third-order valence-corrected chi connectivity index (χ3v) is 2.84. The van der Waals surface area contributed by atoms with Crippen molar-refractivity contribution < 1.29 is 0 Å². The Morgan fingerprint density at radius 1 is 1.35 bits per heavy atom. The molecular weight excluding hydrogens is 232 g/mol. The summed E-state index contributed by atoms with van der Waals surface area (Å²) in [6.45, 7) is 10.9. The molecule has 0 saturated carbocycles. The van der Waals surface area contributed by atoms with Crippen molar-refractivity contribution in [3.63, 3.8) is 0 Å². The molecule has 0 fully saturated rings. The van der Waals surface area contributed by atoms with Gasteiger partial charge in [0.25, 0.3) is 0 Å². The van der Waals surface area contributed by atoms with Gasteiger partial charge < -0.3 is 10.6 Å². The molecule has 0 amide bonds. The Morgan fingerprint density at radius 3 is 2.35 bits per heavy atom. The van der Waals surface area contributed by atoms with Crippen LogP contribution in [-0.2, 0) is 0 Å². The molecule has 0 aliphatic rings. The lowest BCUT2D eigenvalue weighted by molar-refractivity contribution is 0.817. The van der Waals surface area contributed by atoms with Crippen LogP contribution in [0.25, 0.3) is 0 Å². The monoisotopic (exact) mass is 250 g/mol. The number of hydrogen-bond acceptors (Lipinski definition) is 2. The minimum absolute atomic E-state index is 0.00573. The third kappa shape index (κ3) is 3.62. The second-order valence-electron chi connectivity index (χ2n) is 3.98. The number of hydrogen-bond donors (Lipinski definition) is 1. The fourth-order valence-corrected chi connectivity index (χ4v) is 1.95. The van der Waals surface area contributed by atoms with Gasteiger partial charge in [0.1, 0.15) is 0 Å². The van der Waals surface area contributed by atoms with Crippen LogP contribution in [0.15, 0.2) is 43.5 Å². The third-order valence-electron chi connectivity index (χ3n) is 2.54. The molecule has 1 unspecified atom stereocenters. The van der Waals surface area contributed by atoms with Gasteiger partial charge in [0.15, 0.2) is 0 Å². The molecule has 1 aromatic carbocycles. The number of halogens is 1. The van der Waals surface area contributed by atoms with Crippen LogP contribution in [0.2, 0.25) is 5.02 Å². The first-order valence-electron chi connectivity index (χ1n) is 5.62. The van der Waals surface area contributed by atoms with Crippen LogP contribution in [0.3, 0.4) is 0 Å². The van der Waals surface area contributed by atoms with E-state index >= 15 is 0 Å². The molecule has 0 saturated heterocycles. The van der Waals surface area contributed by atoms with Crippen molar-refractivity contribution in [1.29, 1.82) is 0 Å². The average Bonchev–Trinajstić information content (AvgIpc) is 2.28. The Hall–Kier alpha value is -1.25. The standard InChI is InChI=1S/C14H19ClN2/c1-4-8-17(9-5-2)14-7-6-12(11(3)16)10-13(14)15/h4-7,10-11H,1-2,8-9,16H2,3H3. The second kappa shape index (κ2) is 6.48. The zero-order valence-electron chi connectivity index (χ0n) is 10.2. The Kier molecular flexibility index (Phi) is 5.26. The number of nitrogens with zero attached hydrogens (tertiary/aromatic N) is 1. The number of rotatable bonds is 6. The summed E-state index contributed by atoms with van der Waals surface area (Å²) in [6.07, 6.45) is 3.69. The van der Waals surface area contributed by atoms with Crippen LogP contribution in [0, 0.1) is 0 Å². The van der Waals surface area contributed by atoms with Crippen molar-refractivity contribution in [3.05, 3.63) is 54.1 Å². The number of nitrogens with two attached hydrogens (primary N) is 1. The van der Waals surface area contributed by atoms with E-state index in [-0.39, 0.29) is 6.04 Å². The molecular formula is C14H19ClN2. The van der Waals surface area contributed by atoms with Crippen molar-refractivity contribution in [2.45, 2.75) is 13.0 Å². The summed E-state index contributed by atoms with van der Waals surface area (Å²) >= 11 is 6.27. The second-order valence-corrected chi connectivity index (χ2v) is 4.39. The Labute approximate surface area is 108 Å². The maximum atomic E-state index is 6.27. The Bertz CT molecular complexity index is 389. The van der Waals surface area contributed by atoms with Gasteiger partial charge in [-0.3, -0.25) is 0 Å². The van der Waals surface area contributed by atoms with Crippen molar-refractivity contribution in [2.75, 3.05) is 18.0 Å². The molecule has 0 spiro atoms. The van der Waals surface area contributed by atoms with Gasteiger partial charge >= 0.3 is 0 Å². The van der Waals surface area contributed by atoms with E-state index in [0.717, 1.165) is 24.3 Å². The zero-order chi connectivity index (χ0) is 12.8. The van der Waals surface area contributed by atoms with Gasteiger partial charge in [-0.2, -0.15) is 0 Å². The molecule has 92 valence electrons. The normalized spacial score (nSPS) is 11.9. The number of anilines is 1. The molecule has 3 heteroatoms. The zero-order valence-corrected chi connectivity index (χ0v) is 11.0. The lowest BCUT2D eigenvalue weighted by Crippen LogP contribution is -2.23. The van der Waals surface area contributed by atoms with Gasteiger partial charge in [-0.05, 0) is 24.6 Å². The summed E-state index contributed by atoms with van der Waals surface area (Å²) in [4.78, 5) is 2.10. The Balaban J connectivity index is 3.03. The van der Waals surface area contributed by atoms with E-state index in [0.29, 0.717) is 5.02 Å². The van der Waals surface area contributed by atoms with E-state index in [9.17, 15) is 0 Å². The SMILES string of the molecule is C=CCN(CC=C)c1ccc(C(C)N)cc1Cl. The first-order chi connectivity index (χ1) is 8.10. The summed E-state index contributed by atoms with van der Waals surface area (Å²) < 4.78 is 0. The summed E-state index contributed by atoms with van der Waals surface area (Å²) in [5.74, 6) is 0. The lowest BCUT2D eigenvalue weighted by atomic mass is 10.1. The smallest absolute Gasteiger partial charge is 0.0643 e. The van der Waals surface area contributed by atoms with E-state index in [2.05, 4.69) is 18.1 Å². The predicted molar refractivity (Wildman–Crippen MR) is 76.7 cm³/mol. The predicted octanol–water partition coefficient (Wildman–Crippen LogP) is 3.54. The molecule has 0 heterocycles. The highest BCUT2D eigenvalue weighted by atomic mass is 35.5. The van der Waals surface area contributed by atoms with Crippen LogP contribution < -0.4 is 10.6 Å². The molecule has 17 heavy (non-hydrogen) atoms. The molecule has 0 aliphatic heterocycles. The van der Waals surface area contributed by atoms with Crippen molar-refractivity contribution in [3.8, 4) is 0 Å². The first kappa shape index (κ1) is 13.8. The molecule has 1 aromatic rings. The number of benzene rings is 1. The van der Waals surface area contributed by atoms with Crippen LogP contribution in [0.4, 0.5) is 5.69 Å². The van der Waals surface area contributed by atoms with Gasteiger partial charge in [-0.1, -0.05) is 29.8 Å². The van der Waals surface area contributed by atoms with E-state index in [1.54, 1.807) is 0 Å². The summed E-state index contributed by atoms with van der Waals surface area (Å²) in [5, 5.41) is 0.712. The fourth-order valence-electron chi connectivity index (χ4n) is 1.65. The maximum Gasteiger partial charge on any atom is 0.0643 e. The van der Waals surface area contributed by atoms with Crippen LogP contribution in [0.5, 0.6) is 0 Å². The van der Waals surface area contributed by atoms with E-state index in [1.807, 2.05) is 37.3 Å². The molecule has 2 nitrogen and oxygen atoms in total. The van der Waals surface area contributed by atoms with E-state index in [1.165, 1.54) is 0 Å². The van der Waals surface area contributed by atoms with Gasteiger partial charge in [0.05, 0.1) is 10.7 Å². The Morgan fingerprint density at radius 2 is 1.94 bits per heavy atom. The molecule has 0 radical (unpaired) electrons. The van der Waals surface area contributed by atoms with Gasteiger partial charge in [0, 0.05) is 19.1 Å². The highest BCUT2D eigenvalue weighted by Crippen LogP contribution is 2.28. The summed E-state index contributed by atoms with van der Waals surface area (Å²) in [7, 11) is 0. The van der Waals surface area contributed by atoms with Crippen LogP contribution >= 0.6 is 11.6 Å². The molecule has 2 N–H and O–H groups in total. The average molecular weight is 251 g/mol.